The second kappa shape index (κ2) is 12.3. The van der Waals surface area contributed by atoms with E-state index in [2.05, 4.69) is 30.9 Å². The smallest absolute Gasteiger partial charge is 0.260 e. The molecule has 4 rings (SSSR count). The Balaban J connectivity index is 1.52. The van der Waals surface area contributed by atoms with Crippen molar-refractivity contribution in [3.63, 3.8) is 0 Å². The second-order valence-electron chi connectivity index (χ2n) is 8.77. The Labute approximate surface area is 206 Å². The molecule has 0 radical (unpaired) electrons. The number of carbonyl (C=O) groups excluding carboxylic acids is 1. The third-order valence-corrected chi connectivity index (χ3v) is 7.19. The van der Waals surface area contributed by atoms with Gasteiger partial charge in [-0.1, -0.05) is 49.3 Å². The van der Waals surface area contributed by atoms with Crippen molar-refractivity contribution in [3.8, 4) is 5.75 Å². The molecule has 2 aromatic carbocycles. The summed E-state index contributed by atoms with van der Waals surface area (Å²) < 4.78 is 12.5. The molecule has 0 saturated carbocycles. The normalized spacial score (nSPS) is 14.4. The summed E-state index contributed by atoms with van der Waals surface area (Å²) >= 11 is 1.58. The van der Waals surface area contributed by atoms with Gasteiger partial charge >= 0.3 is 0 Å². The molecule has 0 unspecified atom stereocenters. The molecule has 0 bridgehead atoms. The van der Waals surface area contributed by atoms with Crippen LogP contribution in [0, 0.1) is 6.92 Å². The van der Waals surface area contributed by atoms with Gasteiger partial charge in [-0.05, 0) is 49.6 Å². The van der Waals surface area contributed by atoms with Gasteiger partial charge in [0.1, 0.15) is 5.75 Å². The number of hydrogen-bond acceptors (Lipinski definition) is 6. The van der Waals surface area contributed by atoms with Crippen LogP contribution in [-0.2, 0) is 4.74 Å². The highest BCUT2D eigenvalue weighted by molar-refractivity contribution is 7.22. The number of anilines is 1. The minimum absolute atomic E-state index is 0.0299. The fourth-order valence-corrected chi connectivity index (χ4v) is 5.24. The van der Waals surface area contributed by atoms with Crippen molar-refractivity contribution >= 4 is 32.6 Å². The number of amides is 1. The van der Waals surface area contributed by atoms with Gasteiger partial charge in [-0.2, -0.15) is 0 Å². The van der Waals surface area contributed by atoms with Crippen LogP contribution in [0.15, 0.2) is 42.5 Å². The molecule has 182 valence electrons. The van der Waals surface area contributed by atoms with Crippen LogP contribution in [0.5, 0.6) is 5.75 Å². The van der Waals surface area contributed by atoms with E-state index in [0.29, 0.717) is 18.7 Å². The topological polar surface area (TPSA) is 54.9 Å². The van der Waals surface area contributed by atoms with Crippen molar-refractivity contribution < 1.29 is 14.3 Å². The summed E-state index contributed by atoms with van der Waals surface area (Å²) in [4.78, 5) is 22.8. The van der Waals surface area contributed by atoms with Gasteiger partial charge in [0.15, 0.2) is 5.13 Å². The molecule has 1 saturated heterocycles. The third-order valence-electron chi connectivity index (χ3n) is 6.14. The maximum absolute atomic E-state index is 13.7. The van der Waals surface area contributed by atoms with Gasteiger partial charge < -0.3 is 9.47 Å². The number of aryl methyl sites for hydroxylation is 1. The van der Waals surface area contributed by atoms with Crippen LogP contribution in [0.1, 0.15) is 48.5 Å². The lowest BCUT2D eigenvalue weighted by molar-refractivity contribution is 0.0376. The monoisotopic (exact) mass is 481 g/mol. The molecule has 3 aromatic rings. The van der Waals surface area contributed by atoms with Gasteiger partial charge in [0, 0.05) is 31.7 Å². The number of benzene rings is 2. The summed E-state index contributed by atoms with van der Waals surface area (Å²) in [6.07, 6.45) is 4.21. The van der Waals surface area contributed by atoms with Gasteiger partial charge in [-0.3, -0.25) is 14.6 Å². The average Bonchev–Trinajstić information content (AvgIpc) is 3.30. The van der Waals surface area contributed by atoms with E-state index < -0.39 is 0 Å². The summed E-state index contributed by atoms with van der Waals surface area (Å²) in [5.41, 5.74) is 2.74. The average molecular weight is 482 g/mol. The van der Waals surface area contributed by atoms with E-state index in [1.165, 1.54) is 0 Å². The Kier molecular flexibility index (Phi) is 8.91. The number of aromatic nitrogens is 1. The number of hydrogen-bond donors (Lipinski definition) is 0. The molecular weight excluding hydrogens is 446 g/mol. The molecule has 0 spiro atoms. The lowest BCUT2D eigenvalue weighted by Crippen LogP contribution is -2.39. The standard InChI is InChI=1S/C27H35N3O3S/c1-3-4-5-17-33-23-11-7-10-22(20-23)26(31)30(14-8-13-29-15-18-32-19-16-29)27-28-25-21(2)9-6-12-24(25)34-27/h6-7,9-12,20H,3-5,8,13-19H2,1-2H3. The van der Waals surface area contributed by atoms with Crippen LogP contribution in [0.2, 0.25) is 0 Å². The van der Waals surface area contributed by atoms with Gasteiger partial charge in [-0.25, -0.2) is 4.98 Å². The summed E-state index contributed by atoms with van der Waals surface area (Å²) in [5, 5.41) is 0.755. The molecule has 0 atom stereocenters. The zero-order chi connectivity index (χ0) is 23.8. The van der Waals surface area contributed by atoms with Gasteiger partial charge in [0.2, 0.25) is 0 Å². The Morgan fingerprint density at radius 3 is 2.76 bits per heavy atom. The molecule has 1 aliphatic heterocycles. The Bertz CT molecular complexity index is 1080. The highest BCUT2D eigenvalue weighted by Gasteiger charge is 2.22. The number of unbranched alkanes of at least 4 members (excludes halogenated alkanes) is 2. The van der Waals surface area contributed by atoms with Crippen LogP contribution < -0.4 is 9.64 Å². The lowest BCUT2D eigenvalue weighted by atomic mass is 10.2. The first kappa shape index (κ1) is 24.6. The number of morpholine rings is 1. The van der Waals surface area contributed by atoms with E-state index in [4.69, 9.17) is 14.5 Å². The minimum atomic E-state index is -0.0299. The number of para-hydroxylation sites is 1. The molecule has 2 heterocycles. The first-order chi connectivity index (χ1) is 16.7. The van der Waals surface area contributed by atoms with E-state index in [0.717, 1.165) is 85.2 Å². The molecule has 1 fully saturated rings. The Morgan fingerprint density at radius 2 is 1.97 bits per heavy atom. The molecular formula is C27H35N3O3S. The molecule has 1 amide bonds. The number of fused-ring (bicyclic) bond motifs is 1. The number of ether oxygens (including phenoxy) is 2. The first-order valence-electron chi connectivity index (χ1n) is 12.4. The number of rotatable bonds is 11. The first-order valence-corrected chi connectivity index (χ1v) is 13.2. The maximum atomic E-state index is 13.7. The van der Waals surface area contributed by atoms with Crippen molar-refractivity contribution in [3.05, 3.63) is 53.6 Å². The highest BCUT2D eigenvalue weighted by atomic mass is 32.1. The molecule has 7 heteroatoms. The third kappa shape index (κ3) is 6.34. The summed E-state index contributed by atoms with van der Waals surface area (Å²) in [6.45, 7) is 9.94. The van der Waals surface area contributed by atoms with Crippen molar-refractivity contribution in [1.29, 1.82) is 0 Å². The Hall–Kier alpha value is -2.48. The predicted molar refractivity (Wildman–Crippen MR) is 139 cm³/mol. The fourth-order valence-electron chi connectivity index (χ4n) is 4.17. The number of thiazole rings is 1. The van der Waals surface area contributed by atoms with E-state index >= 15 is 0 Å². The van der Waals surface area contributed by atoms with E-state index in [-0.39, 0.29) is 5.91 Å². The molecule has 0 aliphatic carbocycles. The van der Waals surface area contributed by atoms with Crippen molar-refractivity contribution in [1.82, 2.24) is 9.88 Å². The van der Waals surface area contributed by atoms with E-state index in [9.17, 15) is 4.79 Å². The predicted octanol–water partition coefficient (Wildman–Crippen LogP) is 5.54. The minimum Gasteiger partial charge on any atom is -0.494 e. The zero-order valence-electron chi connectivity index (χ0n) is 20.3. The van der Waals surface area contributed by atoms with Crippen molar-refractivity contribution in [2.45, 2.75) is 39.5 Å². The van der Waals surface area contributed by atoms with Crippen LogP contribution in [0.3, 0.4) is 0 Å². The van der Waals surface area contributed by atoms with E-state index in [1.54, 1.807) is 11.3 Å². The molecule has 1 aromatic heterocycles. The molecule has 6 nitrogen and oxygen atoms in total. The number of nitrogens with zero attached hydrogens (tertiary/aromatic N) is 3. The van der Waals surface area contributed by atoms with Crippen molar-refractivity contribution in [2.24, 2.45) is 0 Å². The van der Waals surface area contributed by atoms with Crippen LogP contribution in [0.25, 0.3) is 10.2 Å². The molecule has 34 heavy (non-hydrogen) atoms. The van der Waals surface area contributed by atoms with Crippen LogP contribution in [-0.4, -0.2) is 61.8 Å². The summed E-state index contributed by atoms with van der Waals surface area (Å²) in [5.74, 6) is 0.716. The van der Waals surface area contributed by atoms with Crippen LogP contribution >= 0.6 is 11.3 Å². The quantitative estimate of drug-likeness (QED) is 0.337. The van der Waals surface area contributed by atoms with Gasteiger partial charge in [0.25, 0.3) is 5.91 Å². The largest absolute Gasteiger partial charge is 0.494 e. The summed E-state index contributed by atoms with van der Waals surface area (Å²) in [7, 11) is 0. The fraction of sp³-hybridized carbons (Fsp3) is 0.481. The summed E-state index contributed by atoms with van der Waals surface area (Å²) in [6, 6.07) is 13.7. The highest BCUT2D eigenvalue weighted by Crippen LogP contribution is 2.32. The zero-order valence-corrected chi connectivity index (χ0v) is 21.1. The SMILES string of the molecule is CCCCCOc1cccc(C(=O)N(CCCN2CCOCC2)c2nc3c(C)cccc3s2)c1. The second-order valence-corrected chi connectivity index (χ2v) is 9.77. The molecule has 0 N–H and O–H groups in total. The van der Waals surface area contributed by atoms with Crippen LogP contribution in [0.4, 0.5) is 5.13 Å². The lowest BCUT2D eigenvalue weighted by Gasteiger charge is -2.27. The van der Waals surface area contributed by atoms with Gasteiger partial charge in [-0.15, -0.1) is 0 Å². The van der Waals surface area contributed by atoms with Gasteiger partial charge in [0.05, 0.1) is 30.0 Å². The Morgan fingerprint density at radius 1 is 1.15 bits per heavy atom. The number of carbonyl (C=O) groups is 1. The molecule has 1 aliphatic rings. The van der Waals surface area contributed by atoms with E-state index in [1.807, 2.05) is 35.2 Å². The van der Waals surface area contributed by atoms with Crippen molar-refractivity contribution in [2.75, 3.05) is 50.9 Å². The maximum Gasteiger partial charge on any atom is 0.260 e.